The monoisotopic (exact) mass is 409 g/mol. The van der Waals surface area contributed by atoms with E-state index < -0.39 is 6.10 Å². The van der Waals surface area contributed by atoms with Gasteiger partial charge in [0.15, 0.2) is 0 Å². The first-order chi connectivity index (χ1) is 14.7. The molecular weight excluding hydrogens is 381 g/mol. The Bertz CT molecular complexity index is 888. The van der Waals surface area contributed by atoms with Crippen LogP contribution in [0.5, 0.6) is 0 Å². The van der Waals surface area contributed by atoms with E-state index in [1.165, 1.54) is 17.7 Å². The fourth-order valence-electron chi connectivity index (χ4n) is 5.04. The number of hydrogen-bond acceptors (Lipinski definition) is 4. The molecule has 1 N–H and O–H groups in total. The van der Waals surface area contributed by atoms with Crippen LogP contribution in [0.4, 0.5) is 4.39 Å². The SMILES string of the molecule is O=C([C@H]1CCN2CCNC[C@H]2CO1)N1CCc2ccccc2[C@@H]1c1ccc(F)cc1. The Morgan fingerprint density at radius 2 is 1.90 bits per heavy atom. The molecule has 1 amide bonds. The molecular formula is C24H28FN3O2. The molecule has 0 aliphatic carbocycles. The third-order valence-electron chi connectivity index (χ3n) is 6.67. The van der Waals surface area contributed by atoms with Crippen molar-refractivity contribution in [3.05, 3.63) is 71.0 Å². The summed E-state index contributed by atoms with van der Waals surface area (Å²) in [7, 11) is 0. The summed E-state index contributed by atoms with van der Waals surface area (Å²) in [5.74, 6) is -0.218. The molecule has 3 heterocycles. The lowest BCUT2D eigenvalue weighted by molar-refractivity contribution is -0.146. The van der Waals surface area contributed by atoms with Crippen molar-refractivity contribution in [3.8, 4) is 0 Å². The van der Waals surface area contributed by atoms with Crippen molar-refractivity contribution in [1.29, 1.82) is 0 Å². The summed E-state index contributed by atoms with van der Waals surface area (Å²) in [6.45, 7) is 5.01. The number of halogens is 1. The van der Waals surface area contributed by atoms with Crippen LogP contribution in [0.15, 0.2) is 48.5 Å². The third kappa shape index (κ3) is 3.75. The van der Waals surface area contributed by atoms with Crippen LogP contribution in [0, 0.1) is 5.82 Å². The van der Waals surface area contributed by atoms with Gasteiger partial charge in [-0.1, -0.05) is 36.4 Å². The Hall–Kier alpha value is -2.28. The zero-order valence-electron chi connectivity index (χ0n) is 17.1. The molecule has 0 aromatic heterocycles. The largest absolute Gasteiger partial charge is 0.367 e. The zero-order chi connectivity index (χ0) is 20.5. The standard InChI is InChI=1S/C24H28FN3O2/c25-19-7-5-18(6-8-19)23-21-4-2-1-3-17(21)9-13-28(23)24(29)22-10-12-27-14-11-26-15-20(27)16-30-22/h1-8,20,22-23,26H,9-16H2/t20-,22+,23-/m0/s1. The van der Waals surface area contributed by atoms with Gasteiger partial charge in [0.05, 0.1) is 12.6 Å². The van der Waals surface area contributed by atoms with E-state index in [0.717, 1.165) is 43.7 Å². The van der Waals surface area contributed by atoms with Crippen LogP contribution in [0.2, 0.25) is 0 Å². The third-order valence-corrected chi connectivity index (χ3v) is 6.67. The molecule has 0 bridgehead atoms. The predicted octanol–water partition coefficient (Wildman–Crippen LogP) is 2.36. The molecule has 6 heteroatoms. The van der Waals surface area contributed by atoms with E-state index in [-0.39, 0.29) is 17.8 Å². The minimum absolute atomic E-state index is 0.0478. The fraction of sp³-hybridized carbons (Fsp3) is 0.458. The summed E-state index contributed by atoms with van der Waals surface area (Å²) in [5.41, 5.74) is 3.31. The van der Waals surface area contributed by atoms with Gasteiger partial charge in [0, 0.05) is 38.8 Å². The van der Waals surface area contributed by atoms with Crippen LogP contribution in [0.3, 0.4) is 0 Å². The molecule has 2 saturated heterocycles. The number of ether oxygens (including phenoxy) is 1. The van der Waals surface area contributed by atoms with Crippen LogP contribution >= 0.6 is 0 Å². The number of carbonyl (C=O) groups excluding carboxylic acids is 1. The smallest absolute Gasteiger partial charge is 0.252 e. The molecule has 2 aromatic carbocycles. The molecule has 0 saturated carbocycles. The van der Waals surface area contributed by atoms with Crippen LogP contribution in [-0.2, 0) is 16.0 Å². The number of nitrogens with zero attached hydrogens (tertiary/aromatic N) is 2. The maximum absolute atomic E-state index is 13.7. The molecule has 30 heavy (non-hydrogen) atoms. The molecule has 3 aliphatic heterocycles. The van der Waals surface area contributed by atoms with Crippen LogP contribution in [-0.4, -0.2) is 67.2 Å². The summed E-state index contributed by atoms with van der Waals surface area (Å²) in [5, 5.41) is 3.42. The maximum atomic E-state index is 13.7. The van der Waals surface area contributed by atoms with E-state index in [2.05, 4.69) is 22.3 Å². The summed E-state index contributed by atoms with van der Waals surface area (Å²) < 4.78 is 19.7. The molecule has 5 nitrogen and oxygen atoms in total. The average Bonchev–Trinajstić information content (AvgIpc) is 3.01. The Balaban J connectivity index is 1.43. The molecule has 2 aromatic rings. The lowest BCUT2D eigenvalue weighted by atomic mass is 9.87. The number of rotatable bonds is 2. The highest BCUT2D eigenvalue weighted by Gasteiger charge is 2.38. The minimum atomic E-state index is -0.427. The van der Waals surface area contributed by atoms with Gasteiger partial charge in [-0.2, -0.15) is 0 Å². The van der Waals surface area contributed by atoms with E-state index in [0.29, 0.717) is 25.6 Å². The van der Waals surface area contributed by atoms with E-state index in [4.69, 9.17) is 4.74 Å². The van der Waals surface area contributed by atoms with Crippen molar-refractivity contribution in [3.63, 3.8) is 0 Å². The highest BCUT2D eigenvalue weighted by Crippen LogP contribution is 2.36. The first kappa shape index (κ1) is 19.7. The van der Waals surface area contributed by atoms with Crippen LogP contribution < -0.4 is 5.32 Å². The van der Waals surface area contributed by atoms with Gasteiger partial charge in [0.2, 0.25) is 0 Å². The average molecular weight is 410 g/mol. The second-order valence-corrected chi connectivity index (χ2v) is 8.44. The van der Waals surface area contributed by atoms with Gasteiger partial charge in [0.1, 0.15) is 11.9 Å². The lowest BCUT2D eigenvalue weighted by Crippen LogP contribution is -2.52. The number of fused-ring (bicyclic) bond motifs is 2. The van der Waals surface area contributed by atoms with Gasteiger partial charge in [-0.15, -0.1) is 0 Å². The van der Waals surface area contributed by atoms with Crippen molar-refractivity contribution in [2.75, 3.05) is 39.3 Å². The lowest BCUT2D eigenvalue weighted by Gasteiger charge is -2.39. The minimum Gasteiger partial charge on any atom is -0.367 e. The first-order valence-corrected chi connectivity index (χ1v) is 10.9. The van der Waals surface area contributed by atoms with Gasteiger partial charge in [0.25, 0.3) is 5.91 Å². The van der Waals surface area contributed by atoms with Gasteiger partial charge in [-0.05, 0) is 41.7 Å². The molecule has 3 atom stereocenters. The van der Waals surface area contributed by atoms with Crippen LogP contribution in [0.25, 0.3) is 0 Å². The van der Waals surface area contributed by atoms with E-state index in [9.17, 15) is 9.18 Å². The normalized spacial score (nSPS) is 27.1. The zero-order valence-corrected chi connectivity index (χ0v) is 17.1. The number of hydrogen-bond donors (Lipinski definition) is 1. The fourth-order valence-corrected chi connectivity index (χ4v) is 5.04. The van der Waals surface area contributed by atoms with Gasteiger partial charge in [-0.3, -0.25) is 9.69 Å². The van der Waals surface area contributed by atoms with Crippen molar-refractivity contribution >= 4 is 5.91 Å². The Morgan fingerprint density at radius 3 is 2.77 bits per heavy atom. The second kappa shape index (κ2) is 8.46. The first-order valence-electron chi connectivity index (χ1n) is 10.9. The quantitative estimate of drug-likeness (QED) is 0.827. The van der Waals surface area contributed by atoms with E-state index >= 15 is 0 Å². The number of nitrogens with one attached hydrogen (secondary N) is 1. The van der Waals surface area contributed by atoms with Gasteiger partial charge in [-0.25, -0.2) is 4.39 Å². The maximum Gasteiger partial charge on any atom is 0.252 e. The summed E-state index contributed by atoms with van der Waals surface area (Å²) in [6, 6.07) is 14.9. The number of amides is 1. The molecule has 0 radical (unpaired) electrons. The molecule has 2 fully saturated rings. The summed E-state index contributed by atoms with van der Waals surface area (Å²) in [6.07, 6.45) is 1.11. The predicted molar refractivity (Wildman–Crippen MR) is 113 cm³/mol. The van der Waals surface area contributed by atoms with Crippen molar-refractivity contribution in [2.45, 2.75) is 31.0 Å². The number of benzene rings is 2. The number of piperazine rings is 1. The summed E-state index contributed by atoms with van der Waals surface area (Å²) in [4.78, 5) is 18.0. The van der Waals surface area contributed by atoms with Crippen molar-refractivity contribution in [1.82, 2.24) is 15.1 Å². The van der Waals surface area contributed by atoms with Crippen molar-refractivity contribution in [2.24, 2.45) is 0 Å². The molecule has 0 spiro atoms. The topological polar surface area (TPSA) is 44.8 Å². The number of carbonyl (C=O) groups is 1. The van der Waals surface area contributed by atoms with Gasteiger partial charge >= 0.3 is 0 Å². The van der Waals surface area contributed by atoms with E-state index in [1.54, 1.807) is 12.1 Å². The highest BCUT2D eigenvalue weighted by molar-refractivity contribution is 5.82. The Labute approximate surface area is 176 Å². The Morgan fingerprint density at radius 1 is 1.07 bits per heavy atom. The molecule has 158 valence electrons. The van der Waals surface area contributed by atoms with E-state index in [1.807, 2.05) is 17.0 Å². The second-order valence-electron chi connectivity index (χ2n) is 8.44. The van der Waals surface area contributed by atoms with Crippen LogP contribution in [0.1, 0.15) is 29.2 Å². The van der Waals surface area contributed by atoms with Crippen molar-refractivity contribution < 1.29 is 13.9 Å². The molecule has 5 rings (SSSR count). The molecule has 3 aliphatic rings. The Kier molecular flexibility index (Phi) is 5.54. The van der Waals surface area contributed by atoms with Gasteiger partial charge < -0.3 is 15.0 Å². The molecule has 0 unspecified atom stereocenters. The summed E-state index contributed by atoms with van der Waals surface area (Å²) >= 11 is 0. The highest BCUT2D eigenvalue weighted by atomic mass is 19.1.